The topological polar surface area (TPSA) is 102 Å². The minimum Gasteiger partial charge on any atom is -0.490 e. The number of aryl methyl sites for hydroxylation is 2. The molecule has 1 heterocycles. The molecule has 41 heavy (non-hydrogen) atoms. The van der Waals surface area contributed by atoms with Crippen LogP contribution in [0.4, 0.5) is 23.1 Å². The summed E-state index contributed by atoms with van der Waals surface area (Å²) in [4.78, 5) is 9.10. The lowest BCUT2D eigenvalue weighted by Crippen LogP contribution is -2.36. The van der Waals surface area contributed by atoms with Crippen molar-refractivity contribution in [2.24, 2.45) is 17.6 Å². The molecule has 218 valence electrons. The summed E-state index contributed by atoms with van der Waals surface area (Å²) in [7, 11) is -2.60. The van der Waals surface area contributed by atoms with Crippen LogP contribution in [0.15, 0.2) is 42.6 Å². The molecule has 0 bridgehead atoms. The molecule has 7 nitrogen and oxygen atoms in total. The van der Waals surface area contributed by atoms with E-state index in [0.717, 1.165) is 49.0 Å². The number of nitrogens with zero attached hydrogens (tertiary/aromatic N) is 2. The van der Waals surface area contributed by atoms with Crippen molar-refractivity contribution >= 4 is 47.2 Å². The van der Waals surface area contributed by atoms with E-state index in [1.165, 1.54) is 49.7 Å². The number of nitrogens with two attached hydrogens (primary N) is 1. The summed E-state index contributed by atoms with van der Waals surface area (Å²) in [5, 5.41) is 7.78. The van der Waals surface area contributed by atoms with Crippen LogP contribution in [0.2, 0.25) is 5.02 Å². The average molecular weight is 594 g/mol. The van der Waals surface area contributed by atoms with E-state index in [-0.39, 0.29) is 6.10 Å². The van der Waals surface area contributed by atoms with Crippen LogP contribution in [0.1, 0.15) is 62.5 Å². The molecule has 0 radical (unpaired) electrons. The molecule has 3 aliphatic rings. The first-order chi connectivity index (χ1) is 19.7. The Hall–Kier alpha value is -2.60. The second-order valence-electron chi connectivity index (χ2n) is 12.6. The van der Waals surface area contributed by atoms with Gasteiger partial charge in [-0.2, -0.15) is 4.98 Å². The van der Waals surface area contributed by atoms with Crippen molar-refractivity contribution in [1.82, 2.24) is 9.97 Å². The Bertz CT molecular complexity index is 1450. The van der Waals surface area contributed by atoms with E-state index in [4.69, 9.17) is 22.1 Å². The van der Waals surface area contributed by atoms with Crippen LogP contribution in [-0.4, -0.2) is 35.4 Å². The Labute approximate surface area is 248 Å². The molecule has 2 saturated carbocycles. The summed E-state index contributed by atoms with van der Waals surface area (Å²) in [5.74, 6) is 3.30. The molecule has 4 N–H and O–H groups in total. The predicted octanol–water partition coefficient (Wildman–Crippen LogP) is 7.42. The number of benzene rings is 2. The van der Waals surface area contributed by atoms with Crippen molar-refractivity contribution in [3.05, 3.63) is 58.7 Å². The van der Waals surface area contributed by atoms with Gasteiger partial charge in [0.25, 0.3) is 0 Å². The van der Waals surface area contributed by atoms with Gasteiger partial charge in [0.15, 0.2) is 5.82 Å². The van der Waals surface area contributed by atoms with Crippen molar-refractivity contribution in [2.75, 3.05) is 24.0 Å². The van der Waals surface area contributed by atoms with Gasteiger partial charge in [-0.3, -0.25) is 0 Å². The maximum atomic E-state index is 13.2. The monoisotopic (exact) mass is 593 g/mol. The maximum absolute atomic E-state index is 13.2. The molecule has 0 unspecified atom stereocenters. The fourth-order valence-electron chi connectivity index (χ4n) is 6.11. The molecular weight excluding hydrogens is 553 g/mol. The lowest BCUT2D eigenvalue weighted by Gasteiger charge is -2.33. The number of hydrogen-bond donors (Lipinski definition) is 3. The summed E-state index contributed by atoms with van der Waals surface area (Å²) in [6.07, 6.45) is 13.8. The Morgan fingerprint density at radius 3 is 2.46 bits per heavy atom. The molecule has 0 aliphatic heterocycles. The smallest absolute Gasteiger partial charge is 0.229 e. The average Bonchev–Trinajstić information content (AvgIpc) is 3.75. The van der Waals surface area contributed by atoms with E-state index in [1.54, 1.807) is 19.5 Å². The van der Waals surface area contributed by atoms with Crippen LogP contribution in [0.3, 0.4) is 0 Å². The van der Waals surface area contributed by atoms with Crippen LogP contribution < -0.4 is 26.4 Å². The van der Waals surface area contributed by atoms with E-state index in [2.05, 4.69) is 38.8 Å². The van der Waals surface area contributed by atoms with Crippen molar-refractivity contribution in [3.8, 4) is 5.75 Å². The van der Waals surface area contributed by atoms with E-state index in [9.17, 15) is 4.57 Å². The zero-order chi connectivity index (χ0) is 28.6. The highest BCUT2D eigenvalue weighted by atomic mass is 35.5. The van der Waals surface area contributed by atoms with Gasteiger partial charge in [0, 0.05) is 17.0 Å². The zero-order valence-electron chi connectivity index (χ0n) is 24.0. The molecule has 0 spiro atoms. The fraction of sp³-hybridized carbons (Fsp3) is 0.500. The first-order valence-electron chi connectivity index (χ1n) is 15.0. The first-order valence-corrected chi connectivity index (χ1v) is 18.0. The highest BCUT2D eigenvalue weighted by molar-refractivity contribution is 7.70. The number of rotatable bonds is 10. The first kappa shape index (κ1) is 28.5. The molecule has 0 saturated heterocycles. The third-order valence-corrected chi connectivity index (χ3v) is 10.5. The van der Waals surface area contributed by atoms with Gasteiger partial charge in [-0.15, -0.1) is 0 Å². The quantitative estimate of drug-likeness (QED) is 0.166. The number of ether oxygens (including phenoxy) is 1. The molecule has 1 atom stereocenters. The van der Waals surface area contributed by atoms with Gasteiger partial charge in [0.05, 0.1) is 18.0 Å². The second-order valence-corrected chi connectivity index (χ2v) is 16.2. The molecule has 1 aromatic heterocycles. The molecule has 3 aliphatic carbocycles. The lowest BCUT2D eigenvalue weighted by atomic mass is 9.76. The van der Waals surface area contributed by atoms with E-state index in [0.29, 0.717) is 33.8 Å². The van der Waals surface area contributed by atoms with E-state index < -0.39 is 7.14 Å². The van der Waals surface area contributed by atoms with E-state index in [1.807, 2.05) is 18.2 Å². The predicted molar refractivity (Wildman–Crippen MR) is 169 cm³/mol. The highest BCUT2D eigenvalue weighted by Crippen LogP contribution is 2.41. The standard InChI is InChI=1S/C32H41ClN5O2P/c1-41(2,39)30-18-27(40-26-11-12-26)13-14-29(30)37-31-28(33)19-35-32(38-31)36-25-10-9-22-7-5-20(6-8-23(22)17-25)3-4-21-15-24(34)16-21/h9-10,13-14,17-21,24,26H,3-8,11-12,15-16,34H2,1-2H3,(H2,35,36,37,38)/t20-,21?,24?/m0/s1. The van der Waals surface area contributed by atoms with Crippen LogP contribution in [0.25, 0.3) is 0 Å². The largest absolute Gasteiger partial charge is 0.490 e. The molecule has 3 aromatic rings. The lowest BCUT2D eigenvalue weighted by molar-refractivity contribution is 0.227. The van der Waals surface area contributed by atoms with Crippen LogP contribution in [0, 0.1) is 11.8 Å². The van der Waals surface area contributed by atoms with Crippen LogP contribution in [0.5, 0.6) is 5.75 Å². The number of anilines is 4. The number of halogens is 1. The van der Waals surface area contributed by atoms with Gasteiger partial charge < -0.3 is 25.7 Å². The fourth-order valence-corrected chi connectivity index (χ4v) is 7.40. The van der Waals surface area contributed by atoms with Gasteiger partial charge in [-0.05, 0) is 118 Å². The molecule has 9 heteroatoms. The third kappa shape index (κ3) is 7.25. The van der Waals surface area contributed by atoms with Crippen molar-refractivity contribution in [2.45, 2.75) is 76.4 Å². The van der Waals surface area contributed by atoms with Gasteiger partial charge in [0.1, 0.15) is 17.9 Å². The van der Waals surface area contributed by atoms with Crippen molar-refractivity contribution < 1.29 is 9.30 Å². The van der Waals surface area contributed by atoms with Crippen LogP contribution >= 0.6 is 18.7 Å². The zero-order valence-corrected chi connectivity index (χ0v) is 25.7. The SMILES string of the molecule is CP(C)(=O)c1cc(OC2CC2)ccc1Nc1nc(Nc2ccc3c(c2)CC[C@@H](CCC2CC(N)C2)CC3)ncc1Cl. The van der Waals surface area contributed by atoms with Crippen molar-refractivity contribution in [3.63, 3.8) is 0 Å². The highest BCUT2D eigenvalue weighted by Gasteiger charge is 2.27. The Balaban J connectivity index is 1.13. The number of fused-ring (bicyclic) bond motifs is 1. The van der Waals surface area contributed by atoms with Crippen LogP contribution in [-0.2, 0) is 17.4 Å². The number of nitrogens with one attached hydrogen (secondary N) is 2. The minimum absolute atomic E-state index is 0.269. The Kier molecular flexibility index (Phi) is 8.31. The van der Waals surface area contributed by atoms with Gasteiger partial charge in [-0.1, -0.05) is 30.5 Å². The maximum Gasteiger partial charge on any atom is 0.229 e. The third-order valence-electron chi connectivity index (χ3n) is 8.74. The van der Waals surface area contributed by atoms with Gasteiger partial charge in [-0.25, -0.2) is 4.98 Å². The van der Waals surface area contributed by atoms with E-state index >= 15 is 0 Å². The number of hydrogen-bond acceptors (Lipinski definition) is 7. The summed E-state index contributed by atoms with van der Waals surface area (Å²) < 4.78 is 19.1. The second kappa shape index (κ2) is 11.9. The molecule has 2 aromatic carbocycles. The molecular formula is C32H41ClN5O2P. The Morgan fingerprint density at radius 1 is 0.976 bits per heavy atom. The van der Waals surface area contributed by atoms with Gasteiger partial charge in [0.2, 0.25) is 5.95 Å². The summed E-state index contributed by atoms with van der Waals surface area (Å²) in [6.45, 7) is 3.52. The minimum atomic E-state index is -2.60. The molecule has 2 fully saturated rings. The molecule has 6 rings (SSSR count). The van der Waals surface area contributed by atoms with Crippen molar-refractivity contribution in [1.29, 1.82) is 0 Å². The number of aromatic nitrogens is 2. The summed E-state index contributed by atoms with van der Waals surface area (Å²) >= 11 is 6.50. The van der Waals surface area contributed by atoms with Gasteiger partial charge >= 0.3 is 0 Å². The Morgan fingerprint density at radius 2 is 1.73 bits per heavy atom. The molecule has 0 amide bonds. The summed E-state index contributed by atoms with van der Waals surface area (Å²) in [6, 6.07) is 12.7. The normalized spacial score (nSPS) is 22.3. The summed E-state index contributed by atoms with van der Waals surface area (Å²) in [5.41, 5.74) is 10.5.